The molecule has 0 aliphatic rings. The molecule has 0 aliphatic carbocycles. The van der Waals surface area contributed by atoms with Crippen LogP contribution in [0.25, 0.3) is 0 Å². The molecule has 0 spiro atoms. The fraction of sp³-hybridized carbons (Fsp3) is 0.750. The Morgan fingerprint density at radius 2 is 0.771 bits per heavy atom. The predicted molar refractivity (Wildman–Crippen MR) is 130 cm³/mol. The van der Waals surface area contributed by atoms with E-state index in [1.807, 2.05) is 18.2 Å². The second kappa shape index (κ2) is 25.5. The lowest BCUT2D eigenvalue weighted by Gasteiger charge is -2.09. The summed E-state index contributed by atoms with van der Waals surface area (Å²) in [6, 6.07) is 7.37. The zero-order chi connectivity index (χ0) is 25.1. The first-order chi connectivity index (χ1) is 17.3. The molecule has 0 saturated heterocycles. The largest absolute Gasteiger partial charge is 0.489 e. The lowest BCUT2D eigenvalue weighted by Crippen LogP contribution is -2.15. The van der Waals surface area contributed by atoms with Crippen LogP contribution in [0.3, 0.4) is 0 Å². The van der Waals surface area contributed by atoms with Crippen LogP contribution in [0.5, 0.6) is 5.75 Å². The Bertz CT molecular complexity index is 567. The Labute approximate surface area is 208 Å². The molecule has 0 aromatic heterocycles. The first-order valence-electron chi connectivity index (χ1n) is 12.0. The van der Waals surface area contributed by atoms with Crippen LogP contribution in [0.4, 0.5) is 5.69 Å². The molecule has 0 atom stereocenters. The number of anilines is 1. The number of hydrogen-bond acceptors (Lipinski definition) is 11. The van der Waals surface area contributed by atoms with E-state index in [1.165, 1.54) is 0 Å². The quantitative estimate of drug-likeness (QED) is 0.130. The summed E-state index contributed by atoms with van der Waals surface area (Å²) in [6.45, 7) is 8.32. The molecule has 0 radical (unpaired) electrons. The second-order valence-corrected chi connectivity index (χ2v) is 7.01. The van der Waals surface area contributed by atoms with Gasteiger partial charge in [-0.05, 0) is 12.1 Å². The number of hydrogen-bond donors (Lipinski definition) is 2. The van der Waals surface area contributed by atoms with Gasteiger partial charge in [0.15, 0.2) is 0 Å². The van der Waals surface area contributed by atoms with Crippen molar-refractivity contribution in [1.82, 2.24) is 0 Å². The molecule has 1 rings (SSSR count). The zero-order valence-electron chi connectivity index (χ0n) is 20.7. The standard InChI is InChI=1S/C24H43NO10/c25-23-3-1-2-4-24(23)35-22-21-34-20-19-33-18-17-32-16-15-31-14-13-30-12-11-29-10-9-28-8-7-27-6-5-26/h1-4,26H,5-22,25H2. The summed E-state index contributed by atoms with van der Waals surface area (Å²) < 4.78 is 48.5. The van der Waals surface area contributed by atoms with Gasteiger partial charge in [0, 0.05) is 0 Å². The van der Waals surface area contributed by atoms with Crippen LogP contribution >= 0.6 is 0 Å². The Balaban J connectivity index is 1.66. The minimum atomic E-state index is 0.0274. The topological polar surface area (TPSA) is 129 Å². The van der Waals surface area contributed by atoms with Gasteiger partial charge in [0.05, 0.1) is 118 Å². The summed E-state index contributed by atoms with van der Waals surface area (Å²) in [6.07, 6.45) is 0. The third-order valence-electron chi connectivity index (χ3n) is 4.24. The molecule has 1 aromatic rings. The number of nitrogen functional groups attached to an aromatic ring is 1. The molecule has 0 unspecified atom stereocenters. The first kappa shape index (κ1) is 31.5. The van der Waals surface area contributed by atoms with Crippen molar-refractivity contribution < 1.29 is 47.7 Å². The Morgan fingerprint density at radius 3 is 1.11 bits per heavy atom. The molecular weight excluding hydrogens is 462 g/mol. The second-order valence-electron chi connectivity index (χ2n) is 7.01. The van der Waals surface area contributed by atoms with Gasteiger partial charge >= 0.3 is 0 Å². The van der Waals surface area contributed by atoms with Crippen molar-refractivity contribution in [2.75, 3.05) is 125 Å². The van der Waals surface area contributed by atoms with E-state index in [0.717, 1.165) is 0 Å². The minimum absolute atomic E-state index is 0.0274. The van der Waals surface area contributed by atoms with Crippen LogP contribution in [0.1, 0.15) is 0 Å². The molecule has 3 N–H and O–H groups in total. The molecule has 0 amide bonds. The molecule has 0 heterocycles. The summed E-state index contributed by atoms with van der Waals surface area (Å²) in [5.41, 5.74) is 6.42. The van der Waals surface area contributed by atoms with Gasteiger partial charge in [0.1, 0.15) is 12.4 Å². The monoisotopic (exact) mass is 505 g/mol. The molecule has 35 heavy (non-hydrogen) atoms. The number of para-hydroxylation sites is 2. The predicted octanol–water partition coefficient (Wildman–Crippen LogP) is 0.773. The fourth-order valence-electron chi connectivity index (χ4n) is 2.53. The molecule has 0 fully saturated rings. The van der Waals surface area contributed by atoms with Gasteiger partial charge in [-0.1, -0.05) is 12.1 Å². The van der Waals surface area contributed by atoms with E-state index in [9.17, 15) is 0 Å². The first-order valence-corrected chi connectivity index (χ1v) is 12.0. The average molecular weight is 506 g/mol. The maximum absolute atomic E-state index is 8.55. The molecule has 11 heteroatoms. The van der Waals surface area contributed by atoms with Crippen LogP contribution in [-0.2, 0) is 37.9 Å². The van der Waals surface area contributed by atoms with Crippen molar-refractivity contribution >= 4 is 5.69 Å². The van der Waals surface area contributed by atoms with Crippen LogP contribution < -0.4 is 10.5 Å². The number of aliphatic hydroxyl groups excluding tert-OH is 1. The van der Waals surface area contributed by atoms with E-state index in [0.29, 0.717) is 124 Å². The fourth-order valence-corrected chi connectivity index (χ4v) is 2.53. The summed E-state index contributed by atoms with van der Waals surface area (Å²) >= 11 is 0. The summed E-state index contributed by atoms with van der Waals surface area (Å²) in [7, 11) is 0. The molecule has 0 saturated carbocycles. The summed E-state index contributed by atoms with van der Waals surface area (Å²) in [4.78, 5) is 0. The minimum Gasteiger partial charge on any atom is -0.489 e. The highest BCUT2D eigenvalue weighted by atomic mass is 16.6. The number of nitrogens with two attached hydrogens (primary N) is 1. The number of rotatable bonds is 27. The van der Waals surface area contributed by atoms with E-state index in [2.05, 4.69) is 0 Å². The van der Waals surface area contributed by atoms with E-state index in [1.54, 1.807) is 6.07 Å². The molecule has 1 aromatic carbocycles. The van der Waals surface area contributed by atoms with E-state index >= 15 is 0 Å². The highest BCUT2D eigenvalue weighted by Crippen LogP contribution is 2.19. The highest BCUT2D eigenvalue weighted by Gasteiger charge is 1.98. The van der Waals surface area contributed by atoms with Crippen molar-refractivity contribution in [2.24, 2.45) is 0 Å². The van der Waals surface area contributed by atoms with Gasteiger partial charge in [0.25, 0.3) is 0 Å². The van der Waals surface area contributed by atoms with Crippen LogP contribution in [0.2, 0.25) is 0 Å². The Morgan fingerprint density at radius 1 is 0.457 bits per heavy atom. The maximum atomic E-state index is 8.55. The third kappa shape index (κ3) is 21.5. The van der Waals surface area contributed by atoms with Gasteiger partial charge in [0.2, 0.25) is 0 Å². The average Bonchev–Trinajstić information content (AvgIpc) is 2.87. The zero-order valence-corrected chi connectivity index (χ0v) is 20.7. The maximum Gasteiger partial charge on any atom is 0.142 e. The molecule has 204 valence electrons. The van der Waals surface area contributed by atoms with Gasteiger partial charge in [-0.3, -0.25) is 0 Å². The van der Waals surface area contributed by atoms with Crippen molar-refractivity contribution in [2.45, 2.75) is 0 Å². The van der Waals surface area contributed by atoms with Gasteiger partial charge in [-0.15, -0.1) is 0 Å². The van der Waals surface area contributed by atoms with E-state index < -0.39 is 0 Å². The lowest BCUT2D eigenvalue weighted by atomic mass is 10.3. The summed E-state index contributed by atoms with van der Waals surface area (Å²) in [5, 5.41) is 8.55. The molecule has 11 nitrogen and oxygen atoms in total. The third-order valence-corrected chi connectivity index (χ3v) is 4.24. The SMILES string of the molecule is Nc1ccccc1OCCOCCOCCOCCOCCOCCOCCOCCOCCO. The van der Waals surface area contributed by atoms with Gasteiger partial charge < -0.3 is 53.5 Å². The van der Waals surface area contributed by atoms with Crippen molar-refractivity contribution in [3.8, 4) is 5.75 Å². The van der Waals surface area contributed by atoms with Crippen LogP contribution in [0, 0.1) is 0 Å². The smallest absolute Gasteiger partial charge is 0.142 e. The molecule has 0 bridgehead atoms. The number of benzene rings is 1. The molecule has 0 aliphatic heterocycles. The van der Waals surface area contributed by atoms with Crippen molar-refractivity contribution in [1.29, 1.82) is 0 Å². The van der Waals surface area contributed by atoms with Crippen LogP contribution in [0.15, 0.2) is 24.3 Å². The lowest BCUT2D eigenvalue weighted by molar-refractivity contribution is -0.0242. The highest BCUT2D eigenvalue weighted by molar-refractivity contribution is 5.51. The summed E-state index contributed by atoms with van der Waals surface area (Å²) in [5.74, 6) is 0.669. The van der Waals surface area contributed by atoms with Crippen LogP contribution in [-0.4, -0.2) is 124 Å². The van der Waals surface area contributed by atoms with Crippen molar-refractivity contribution in [3.63, 3.8) is 0 Å². The molecular formula is C24H43NO10. The van der Waals surface area contributed by atoms with Crippen molar-refractivity contribution in [3.05, 3.63) is 24.3 Å². The number of aliphatic hydroxyl groups is 1. The van der Waals surface area contributed by atoms with E-state index in [-0.39, 0.29) is 6.61 Å². The Kier molecular flexibility index (Phi) is 23.0. The normalized spacial score (nSPS) is 11.2. The van der Waals surface area contributed by atoms with Gasteiger partial charge in [-0.2, -0.15) is 0 Å². The van der Waals surface area contributed by atoms with Gasteiger partial charge in [-0.25, -0.2) is 0 Å². The number of ether oxygens (including phenoxy) is 9. The van der Waals surface area contributed by atoms with E-state index in [4.69, 9.17) is 53.5 Å². The Hall–Kier alpha value is -1.54.